The number of hydrogen-bond acceptors (Lipinski definition) is 4. The Morgan fingerprint density at radius 2 is 1.32 bits per heavy atom. The van der Waals surface area contributed by atoms with Gasteiger partial charge in [-0.1, -0.05) is 0 Å². The summed E-state index contributed by atoms with van der Waals surface area (Å²) in [6.07, 6.45) is 1.24. The van der Waals surface area contributed by atoms with E-state index in [0.29, 0.717) is 42.3 Å². The molecule has 2 aliphatic rings. The highest BCUT2D eigenvalue weighted by atomic mass is 15.4. The third-order valence-corrected chi connectivity index (χ3v) is 7.80. The summed E-state index contributed by atoms with van der Waals surface area (Å²) in [5.74, 6) is 0. The minimum absolute atomic E-state index is 0.227. The molecule has 4 nitrogen and oxygen atoms in total. The number of hydrogen-bond donors (Lipinski definition) is 0. The first-order chi connectivity index (χ1) is 12.9. The predicted octanol–water partition coefficient (Wildman–Crippen LogP) is 4.15. The maximum Gasteiger partial charge on any atom is 0.0226 e. The number of nitrogens with zero attached hydrogens (tertiary/aromatic N) is 4. The molecule has 1 unspecified atom stereocenters. The Hall–Kier alpha value is -0.160. The fraction of sp³-hybridized carbons (Fsp3) is 1.00. The van der Waals surface area contributed by atoms with Crippen LogP contribution < -0.4 is 0 Å². The summed E-state index contributed by atoms with van der Waals surface area (Å²) in [4.78, 5) is 10.9. The Labute approximate surface area is 176 Å². The lowest BCUT2D eigenvalue weighted by Gasteiger charge is -2.55. The smallest absolute Gasteiger partial charge is 0.0226 e. The normalized spacial score (nSPS) is 33.8. The second kappa shape index (κ2) is 9.32. The molecule has 28 heavy (non-hydrogen) atoms. The molecule has 0 amide bonds. The van der Waals surface area contributed by atoms with Gasteiger partial charge in [-0.15, -0.1) is 0 Å². The van der Waals surface area contributed by atoms with Crippen LogP contribution in [0, 0.1) is 0 Å². The van der Waals surface area contributed by atoms with Crippen LogP contribution in [0.5, 0.6) is 0 Å². The molecule has 166 valence electrons. The minimum Gasteiger partial charge on any atom is -0.298 e. The van der Waals surface area contributed by atoms with Crippen LogP contribution in [0.15, 0.2) is 0 Å². The summed E-state index contributed by atoms with van der Waals surface area (Å²) in [5.41, 5.74) is 0.227. The summed E-state index contributed by atoms with van der Waals surface area (Å²) >= 11 is 0. The van der Waals surface area contributed by atoms with Crippen LogP contribution in [0.25, 0.3) is 0 Å². The Morgan fingerprint density at radius 3 is 1.79 bits per heavy atom. The first kappa shape index (κ1) is 24.1. The van der Waals surface area contributed by atoms with E-state index in [2.05, 4.69) is 95.8 Å². The monoisotopic (exact) mass is 394 g/mol. The van der Waals surface area contributed by atoms with Gasteiger partial charge in [0.15, 0.2) is 0 Å². The quantitative estimate of drug-likeness (QED) is 0.671. The molecule has 0 N–H and O–H groups in total. The summed E-state index contributed by atoms with van der Waals surface area (Å²) in [6.45, 7) is 31.3. The second-order valence-corrected chi connectivity index (χ2v) is 11.1. The molecule has 0 aliphatic carbocycles. The summed E-state index contributed by atoms with van der Waals surface area (Å²) in [6, 6.07) is 4.39. The number of piperazine rings is 2. The maximum atomic E-state index is 2.80. The Morgan fingerprint density at radius 1 is 0.786 bits per heavy atom. The lowest BCUT2D eigenvalue weighted by atomic mass is 9.87. The van der Waals surface area contributed by atoms with Gasteiger partial charge in [0.05, 0.1) is 0 Å². The Balaban J connectivity index is 2.05. The zero-order chi connectivity index (χ0) is 21.4. The molecule has 0 spiro atoms. The van der Waals surface area contributed by atoms with Crippen molar-refractivity contribution in [3.63, 3.8) is 0 Å². The number of rotatable bonds is 6. The average molecular weight is 395 g/mol. The largest absolute Gasteiger partial charge is 0.298 e. The van der Waals surface area contributed by atoms with Gasteiger partial charge < -0.3 is 0 Å². The van der Waals surface area contributed by atoms with Gasteiger partial charge in [0.25, 0.3) is 0 Å². The van der Waals surface area contributed by atoms with Gasteiger partial charge in [0.1, 0.15) is 0 Å². The van der Waals surface area contributed by atoms with Crippen LogP contribution in [0.2, 0.25) is 0 Å². The molecular formula is C24H50N4. The standard InChI is InChI=1S/C24H50N4/c1-17(2)25-15-20(6)28(21(7)16-25)19(5)14-24(10,11)27-13-12-26(18(3)4)22(8)23(27)9/h17-23H,12-16H2,1-11H3/t19?,20-,21+,22-,23-/m0/s1. The van der Waals surface area contributed by atoms with Gasteiger partial charge >= 0.3 is 0 Å². The lowest BCUT2D eigenvalue weighted by Crippen LogP contribution is -2.66. The van der Waals surface area contributed by atoms with E-state index >= 15 is 0 Å². The molecule has 0 bridgehead atoms. The average Bonchev–Trinajstić information content (AvgIpc) is 2.55. The minimum atomic E-state index is 0.227. The van der Waals surface area contributed by atoms with Crippen LogP contribution in [0.4, 0.5) is 0 Å². The van der Waals surface area contributed by atoms with Gasteiger partial charge in [0.2, 0.25) is 0 Å². The van der Waals surface area contributed by atoms with Crippen molar-refractivity contribution in [3.8, 4) is 0 Å². The van der Waals surface area contributed by atoms with E-state index in [-0.39, 0.29) is 5.54 Å². The van der Waals surface area contributed by atoms with Crippen LogP contribution in [-0.4, -0.2) is 93.6 Å². The molecule has 4 heteroatoms. The molecule has 0 radical (unpaired) electrons. The SMILES string of the molecule is CC(C)N1C[C@@H](C)N(C(C)CC(C)(C)N2CCN(C(C)C)[C@@H](C)[C@@H]2C)[C@@H](C)C1. The van der Waals surface area contributed by atoms with Crippen molar-refractivity contribution in [2.75, 3.05) is 26.2 Å². The van der Waals surface area contributed by atoms with E-state index in [1.165, 1.54) is 32.6 Å². The molecule has 0 aromatic heterocycles. The second-order valence-electron chi connectivity index (χ2n) is 11.1. The van der Waals surface area contributed by atoms with Crippen LogP contribution in [0.1, 0.15) is 82.6 Å². The third kappa shape index (κ3) is 5.11. The first-order valence-electron chi connectivity index (χ1n) is 11.9. The van der Waals surface area contributed by atoms with Crippen molar-refractivity contribution in [2.45, 2.75) is 130 Å². The zero-order valence-electron chi connectivity index (χ0n) is 20.9. The molecule has 2 saturated heterocycles. The highest BCUT2D eigenvalue weighted by Crippen LogP contribution is 2.32. The van der Waals surface area contributed by atoms with Gasteiger partial charge in [-0.05, 0) is 82.6 Å². The molecule has 0 saturated carbocycles. The Bertz CT molecular complexity index is 477. The van der Waals surface area contributed by atoms with E-state index in [1.807, 2.05) is 0 Å². The van der Waals surface area contributed by atoms with E-state index in [1.54, 1.807) is 0 Å². The van der Waals surface area contributed by atoms with Crippen molar-refractivity contribution < 1.29 is 0 Å². The highest BCUT2D eigenvalue weighted by Gasteiger charge is 2.41. The van der Waals surface area contributed by atoms with Crippen molar-refractivity contribution in [1.29, 1.82) is 0 Å². The topological polar surface area (TPSA) is 13.0 Å². The summed E-state index contributed by atoms with van der Waals surface area (Å²) in [7, 11) is 0. The summed E-state index contributed by atoms with van der Waals surface area (Å²) < 4.78 is 0. The van der Waals surface area contributed by atoms with Crippen LogP contribution in [-0.2, 0) is 0 Å². The Kier molecular flexibility index (Phi) is 8.03. The molecule has 5 atom stereocenters. The van der Waals surface area contributed by atoms with Crippen molar-refractivity contribution >= 4 is 0 Å². The molecular weight excluding hydrogens is 344 g/mol. The fourth-order valence-corrected chi connectivity index (χ4v) is 6.36. The fourth-order valence-electron chi connectivity index (χ4n) is 6.36. The van der Waals surface area contributed by atoms with E-state index in [0.717, 1.165) is 0 Å². The molecule has 2 aliphatic heterocycles. The van der Waals surface area contributed by atoms with Crippen molar-refractivity contribution in [2.24, 2.45) is 0 Å². The molecule has 2 fully saturated rings. The van der Waals surface area contributed by atoms with E-state index < -0.39 is 0 Å². The van der Waals surface area contributed by atoms with Crippen LogP contribution in [0.3, 0.4) is 0 Å². The molecule has 2 rings (SSSR count). The predicted molar refractivity (Wildman–Crippen MR) is 123 cm³/mol. The highest BCUT2D eigenvalue weighted by molar-refractivity contribution is 4.98. The van der Waals surface area contributed by atoms with Gasteiger partial charge in [-0.2, -0.15) is 0 Å². The van der Waals surface area contributed by atoms with Gasteiger partial charge in [0, 0.05) is 74.0 Å². The van der Waals surface area contributed by atoms with E-state index in [9.17, 15) is 0 Å². The zero-order valence-corrected chi connectivity index (χ0v) is 20.9. The maximum absolute atomic E-state index is 2.80. The summed E-state index contributed by atoms with van der Waals surface area (Å²) in [5, 5.41) is 0. The third-order valence-electron chi connectivity index (χ3n) is 7.80. The molecule has 2 heterocycles. The van der Waals surface area contributed by atoms with Crippen molar-refractivity contribution in [1.82, 2.24) is 19.6 Å². The van der Waals surface area contributed by atoms with Gasteiger partial charge in [-0.25, -0.2) is 0 Å². The molecule has 0 aromatic rings. The lowest BCUT2D eigenvalue weighted by molar-refractivity contribution is -0.0585. The van der Waals surface area contributed by atoms with E-state index in [4.69, 9.17) is 0 Å². The van der Waals surface area contributed by atoms with Crippen LogP contribution >= 0.6 is 0 Å². The molecule has 0 aromatic carbocycles. The first-order valence-corrected chi connectivity index (χ1v) is 11.9. The van der Waals surface area contributed by atoms with Gasteiger partial charge in [-0.3, -0.25) is 19.6 Å². The van der Waals surface area contributed by atoms with Crippen molar-refractivity contribution in [3.05, 3.63) is 0 Å².